The monoisotopic (exact) mass is 486 g/mol. The highest BCUT2D eigenvalue weighted by Gasteiger charge is 2.39. The molecule has 2 unspecified atom stereocenters. The molecular formula is C22H22N4O9. The summed E-state index contributed by atoms with van der Waals surface area (Å²) in [5.41, 5.74) is 2.18. The normalized spacial score (nSPS) is 12.1. The van der Waals surface area contributed by atoms with E-state index in [0.29, 0.717) is 6.42 Å². The number of esters is 1. The highest BCUT2D eigenvalue weighted by atomic mass is 16.6. The van der Waals surface area contributed by atoms with Crippen LogP contribution < -0.4 is 10.6 Å². The van der Waals surface area contributed by atoms with Crippen molar-refractivity contribution in [3.8, 4) is 0 Å². The third-order valence-corrected chi connectivity index (χ3v) is 4.66. The molecule has 0 bridgehead atoms. The molecular weight excluding hydrogens is 464 g/mol. The number of amides is 2. The first-order chi connectivity index (χ1) is 16.5. The first-order valence-electron chi connectivity index (χ1n) is 10.3. The molecule has 35 heavy (non-hydrogen) atoms. The van der Waals surface area contributed by atoms with Crippen molar-refractivity contribution < 1.29 is 33.8 Å². The van der Waals surface area contributed by atoms with Gasteiger partial charge in [0.15, 0.2) is 0 Å². The van der Waals surface area contributed by atoms with Crippen molar-refractivity contribution >= 4 is 34.9 Å². The molecule has 2 N–H and O–H groups in total. The van der Waals surface area contributed by atoms with Crippen molar-refractivity contribution in [1.29, 1.82) is 0 Å². The molecule has 2 amide bonds. The predicted molar refractivity (Wildman–Crippen MR) is 122 cm³/mol. The summed E-state index contributed by atoms with van der Waals surface area (Å²) >= 11 is 0. The standard InChI is InChI=1S/C22H22N4O9/c1-3-35-22(30)19(26(33)34)21(29)24-17-10-6-15(7-11-17)12-14-4-8-16(9-5-14)23-20(28)18(13(2)27)25(31)32/h4-11,18-19H,3,12H2,1-2H3,(H,23,28)(H,24,29). The number of hydrogen-bond acceptors (Lipinski definition) is 9. The smallest absolute Gasteiger partial charge is 0.392 e. The van der Waals surface area contributed by atoms with E-state index < -0.39 is 45.5 Å². The second kappa shape index (κ2) is 12.0. The second-order valence-corrected chi connectivity index (χ2v) is 7.29. The number of ether oxygens (including phenoxy) is 1. The summed E-state index contributed by atoms with van der Waals surface area (Å²) in [7, 11) is 0. The van der Waals surface area contributed by atoms with Crippen LogP contribution in [0.1, 0.15) is 25.0 Å². The van der Waals surface area contributed by atoms with Crippen molar-refractivity contribution in [2.75, 3.05) is 17.2 Å². The predicted octanol–water partition coefficient (Wildman–Crippen LogP) is 1.60. The molecule has 0 aliphatic carbocycles. The van der Waals surface area contributed by atoms with Crippen LogP contribution in [0.2, 0.25) is 0 Å². The molecule has 2 rings (SSSR count). The van der Waals surface area contributed by atoms with E-state index in [2.05, 4.69) is 15.4 Å². The minimum Gasteiger partial charge on any atom is -0.460 e. The van der Waals surface area contributed by atoms with Crippen molar-refractivity contribution in [1.82, 2.24) is 0 Å². The summed E-state index contributed by atoms with van der Waals surface area (Å²) < 4.78 is 4.56. The van der Waals surface area contributed by atoms with Gasteiger partial charge >= 0.3 is 29.9 Å². The van der Waals surface area contributed by atoms with Crippen LogP contribution in [0.25, 0.3) is 0 Å². The Bertz CT molecular complexity index is 1120. The second-order valence-electron chi connectivity index (χ2n) is 7.29. The third-order valence-electron chi connectivity index (χ3n) is 4.66. The number of carbonyl (C=O) groups is 4. The van der Waals surface area contributed by atoms with Crippen LogP contribution in [0, 0.1) is 20.2 Å². The fraction of sp³-hybridized carbons (Fsp3) is 0.273. The number of rotatable bonds is 11. The van der Waals surface area contributed by atoms with Crippen LogP contribution in [0.4, 0.5) is 11.4 Å². The molecule has 2 aromatic carbocycles. The molecule has 0 spiro atoms. The summed E-state index contributed by atoms with van der Waals surface area (Å²) in [5.74, 6) is -4.28. The van der Waals surface area contributed by atoms with E-state index >= 15 is 0 Å². The number of Topliss-reactive ketones (excluding diaryl/α,β-unsaturated/α-hetero) is 1. The Morgan fingerprint density at radius 1 is 0.800 bits per heavy atom. The van der Waals surface area contributed by atoms with Gasteiger partial charge in [0, 0.05) is 28.1 Å². The number of nitrogens with one attached hydrogen (secondary N) is 2. The highest BCUT2D eigenvalue weighted by molar-refractivity contribution is 6.09. The molecule has 2 atom stereocenters. The lowest BCUT2D eigenvalue weighted by Crippen LogP contribution is -2.42. The minimum absolute atomic E-state index is 0.101. The van der Waals surface area contributed by atoms with Crippen molar-refractivity contribution in [3.63, 3.8) is 0 Å². The zero-order valence-electron chi connectivity index (χ0n) is 18.8. The minimum atomic E-state index is -2.18. The van der Waals surface area contributed by atoms with Crippen molar-refractivity contribution in [3.05, 3.63) is 79.9 Å². The molecule has 0 saturated heterocycles. The Hall–Kier alpha value is -4.68. The van der Waals surface area contributed by atoms with Crippen LogP contribution in [0.15, 0.2) is 48.5 Å². The summed E-state index contributed by atoms with van der Waals surface area (Å²) in [6.07, 6.45) is 0.452. The molecule has 0 heterocycles. The number of benzene rings is 2. The molecule has 0 aliphatic heterocycles. The van der Waals surface area contributed by atoms with E-state index in [-0.39, 0.29) is 18.0 Å². The van der Waals surface area contributed by atoms with Crippen molar-refractivity contribution in [2.24, 2.45) is 0 Å². The van der Waals surface area contributed by atoms with Crippen LogP contribution in [0.3, 0.4) is 0 Å². The first kappa shape index (κ1) is 26.6. The molecule has 0 saturated carbocycles. The highest BCUT2D eigenvalue weighted by Crippen LogP contribution is 2.17. The van der Waals surface area contributed by atoms with E-state index in [4.69, 9.17) is 0 Å². The number of nitrogens with zero attached hydrogens (tertiary/aromatic N) is 2. The van der Waals surface area contributed by atoms with E-state index in [9.17, 15) is 39.4 Å². The summed E-state index contributed by atoms with van der Waals surface area (Å²) in [4.78, 5) is 67.0. The fourth-order valence-electron chi connectivity index (χ4n) is 3.01. The summed E-state index contributed by atoms with van der Waals surface area (Å²) in [6.45, 7) is 2.33. The lowest BCUT2D eigenvalue weighted by molar-refractivity contribution is -0.496. The fourth-order valence-corrected chi connectivity index (χ4v) is 3.01. The van der Waals surface area contributed by atoms with Crippen LogP contribution >= 0.6 is 0 Å². The number of ketones is 1. The zero-order chi connectivity index (χ0) is 26.1. The van der Waals surface area contributed by atoms with Gasteiger partial charge in [0.25, 0.3) is 0 Å². The van der Waals surface area contributed by atoms with Gasteiger partial charge in [-0.25, -0.2) is 4.79 Å². The van der Waals surface area contributed by atoms with E-state index in [0.717, 1.165) is 18.1 Å². The van der Waals surface area contributed by atoms with Crippen molar-refractivity contribution in [2.45, 2.75) is 32.4 Å². The number of anilines is 2. The maximum atomic E-state index is 12.1. The quantitative estimate of drug-likeness (QED) is 0.206. The SMILES string of the molecule is CCOC(=O)C(C(=O)Nc1ccc(Cc2ccc(NC(=O)C(C(C)=O)[N+](=O)[O-])cc2)cc1)[N+](=O)[O-]. The number of nitro groups is 2. The average Bonchev–Trinajstić information content (AvgIpc) is 2.76. The topological polar surface area (TPSA) is 188 Å². The van der Waals surface area contributed by atoms with E-state index in [1.165, 1.54) is 31.2 Å². The number of carbonyl (C=O) groups excluding carboxylic acids is 4. The van der Waals surface area contributed by atoms with Gasteiger partial charge in [0.1, 0.15) is 0 Å². The Balaban J connectivity index is 2.00. The average molecular weight is 486 g/mol. The van der Waals surface area contributed by atoms with Gasteiger partial charge in [-0.05, 0) is 48.7 Å². The molecule has 0 fully saturated rings. The molecule has 0 aromatic heterocycles. The van der Waals surface area contributed by atoms with Gasteiger partial charge in [0.05, 0.1) is 6.61 Å². The third kappa shape index (κ3) is 7.42. The summed E-state index contributed by atoms with van der Waals surface area (Å²) in [6, 6.07) is 8.65. The van der Waals surface area contributed by atoms with Gasteiger partial charge in [-0.15, -0.1) is 0 Å². The van der Waals surface area contributed by atoms with Gasteiger partial charge in [0.2, 0.25) is 5.78 Å². The largest absolute Gasteiger partial charge is 0.460 e. The maximum absolute atomic E-state index is 12.1. The lowest BCUT2D eigenvalue weighted by atomic mass is 10.0. The van der Waals surface area contributed by atoms with E-state index in [1.54, 1.807) is 24.3 Å². The van der Waals surface area contributed by atoms with Gasteiger partial charge in [-0.3, -0.25) is 34.6 Å². The molecule has 13 heteroatoms. The lowest BCUT2D eigenvalue weighted by Gasteiger charge is -2.10. The number of hydrogen-bond donors (Lipinski definition) is 2. The van der Waals surface area contributed by atoms with Gasteiger partial charge < -0.3 is 15.4 Å². The Morgan fingerprint density at radius 3 is 1.54 bits per heavy atom. The molecule has 2 aromatic rings. The maximum Gasteiger partial charge on any atom is 0.392 e. The van der Waals surface area contributed by atoms with Gasteiger partial charge in [-0.2, -0.15) is 0 Å². The molecule has 0 radical (unpaired) electrons. The first-order valence-corrected chi connectivity index (χ1v) is 10.3. The Kier molecular flexibility index (Phi) is 9.09. The Morgan fingerprint density at radius 2 is 1.20 bits per heavy atom. The van der Waals surface area contributed by atoms with Gasteiger partial charge in [-0.1, -0.05) is 24.3 Å². The summed E-state index contributed by atoms with van der Waals surface area (Å²) in [5, 5.41) is 26.6. The molecule has 184 valence electrons. The Labute approximate surface area is 198 Å². The zero-order valence-corrected chi connectivity index (χ0v) is 18.8. The van der Waals surface area contributed by atoms with Crippen LogP contribution in [-0.2, 0) is 30.3 Å². The molecule has 13 nitrogen and oxygen atoms in total. The van der Waals surface area contributed by atoms with Crippen LogP contribution in [0.5, 0.6) is 0 Å². The van der Waals surface area contributed by atoms with E-state index in [1.807, 2.05) is 0 Å². The van der Waals surface area contributed by atoms with Crippen LogP contribution in [-0.4, -0.2) is 52.1 Å². The molecule has 0 aliphatic rings.